The number of rotatable bonds is 2. The molecule has 0 radical (unpaired) electrons. The Morgan fingerprint density at radius 3 is 2.89 bits per heavy atom. The molecule has 1 aliphatic rings. The van der Waals surface area contributed by atoms with Crippen LogP contribution in [0, 0.1) is 19.8 Å². The van der Waals surface area contributed by atoms with E-state index in [-0.39, 0.29) is 0 Å². The van der Waals surface area contributed by atoms with E-state index in [2.05, 4.69) is 49.1 Å². The fourth-order valence-electron chi connectivity index (χ4n) is 3.24. The Hall–Kier alpha value is -1.28. The minimum absolute atomic E-state index is 0.817. The summed E-state index contributed by atoms with van der Waals surface area (Å²) in [7, 11) is 2.17. The van der Waals surface area contributed by atoms with Crippen molar-refractivity contribution in [2.24, 2.45) is 13.0 Å². The van der Waals surface area contributed by atoms with Crippen LogP contribution in [0.1, 0.15) is 23.1 Å². The molecule has 2 aromatic rings. The lowest BCUT2D eigenvalue weighted by molar-refractivity contribution is 0.581. The Kier molecular flexibility index (Phi) is 2.90. The SMILES string of the molecule is Cc1ccc2c(CC3CCNC3)cn(C)c2c1C. The van der Waals surface area contributed by atoms with Gasteiger partial charge in [0.15, 0.2) is 0 Å². The highest BCUT2D eigenvalue weighted by atomic mass is 14.9. The average Bonchev–Trinajstić information content (AvgIpc) is 2.94. The second-order valence-electron chi connectivity index (χ2n) is 5.73. The Balaban J connectivity index is 2.05. The first-order valence-electron chi connectivity index (χ1n) is 6.91. The number of nitrogens with zero attached hydrogens (tertiary/aromatic N) is 1. The van der Waals surface area contributed by atoms with Crippen molar-refractivity contribution in [3.05, 3.63) is 35.0 Å². The van der Waals surface area contributed by atoms with E-state index in [4.69, 9.17) is 0 Å². The van der Waals surface area contributed by atoms with Gasteiger partial charge in [0.2, 0.25) is 0 Å². The fourth-order valence-corrected chi connectivity index (χ4v) is 3.24. The summed E-state index contributed by atoms with van der Waals surface area (Å²) in [6.45, 7) is 6.80. The summed E-state index contributed by atoms with van der Waals surface area (Å²) in [5, 5.41) is 4.91. The van der Waals surface area contributed by atoms with E-state index in [1.165, 1.54) is 53.5 Å². The van der Waals surface area contributed by atoms with Crippen molar-refractivity contribution >= 4 is 10.9 Å². The van der Waals surface area contributed by atoms with Crippen LogP contribution < -0.4 is 5.32 Å². The lowest BCUT2D eigenvalue weighted by atomic mass is 9.97. The molecule has 0 aliphatic carbocycles. The Morgan fingerprint density at radius 2 is 2.17 bits per heavy atom. The van der Waals surface area contributed by atoms with Gasteiger partial charge in [-0.1, -0.05) is 12.1 Å². The molecule has 2 heterocycles. The number of hydrogen-bond donors (Lipinski definition) is 1. The topological polar surface area (TPSA) is 17.0 Å². The number of benzene rings is 1. The molecule has 1 N–H and O–H groups in total. The van der Waals surface area contributed by atoms with Gasteiger partial charge in [-0.3, -0.25) is 0 Å². The zero-order valence-electron chi connectivity index (χ0n) is 11.6. The lowest BCUT2D eigenvalue weighted by Gasteiger charge is -2.07. The number of hydrogen-bond acceptors (Lipinski definition) is 1. The smallest absolute Gasteiger partial charge is 0.0512 e. The summed E-state index contributed by atoms with van der Waals surface area (Å²) in [6.07, 6.45) is 4.86. The fraction of sp³-hybridized carbons (Fsp3) is 0.500. The molecule has 1 aromatic heterocycles. The standard InChI is InChI=1S/C16H22N2/c1-11-4-5-15-14(8-13-6-7-17-9-13)10-18(3)16(15)12(11)2/h4-5,10,13,17H,6-9H2,1-3H3. The van der Waals surface area contributed by atoms with Gasteiger partial charge in [-0.2, -0.15) is 0 Å². The lowest BCUT2D eigenvalue weighted by Crippen LogP contribution is -2.10. The van der Waals surface area contributed by atoms with Crippen molar-refractivity contribution in [1.29, 1.82) is 0 Å². The van der Waals surface area contributed by atoms with Crippen LogP contribution in [-0.2, 0) is 13.5 Å². The van der Waals surface area contributed by atoms with Crippen molar-refractivity contribution in [1.82, 2.24) is 9.88 Å². The second kappa shape index (κ2) is 4.43. The quantitative estimate of drug-likeness (QED) is 0.856. The maximum Gasteiger partial charge on any atom is 0.0512 e. The van der Waals surface area contributed by atoms with Gasteiger partial charge in [-0.05, 0) is 62.4 Å². The van der Waals surface area contributed by atoms with Gasteiger partial charge in [0.05, 0.1) is 5.52 Å². The maximum atomic E-state index is 3.46. The summed E-state index contributed by atoms with van der Waals surface area (Å²) < 4.78 is 2.30. The second-order valence-corrected chi connectivity index (χ2v) is 5.73. The molecular weight excluding hydrogens is 220 g/mol. The molecule has 1 aromatic carbocycles. The van der Waals surface area contributed by atoms with Crippen molar-refractivity contribution in [3.8, 4) is 0 Å². The zero-order chi connectivity index (χ0) is 12.7. The molecule has 0 amide bonds. The third kappa shape index (κ3) is 1.85. The minimum Gasteiger partial charge on any atom is -0.350 e. The van der Waals surface area contributed by atoms with E-state index in [0.717, 1.165) is 5.92 Å². The van der Waals surface area contributed by atoms with E-state index in [9.17, 15) is 0 Å². The summed E-state index contributed by atoms with van der Waals surface area (Å²) in [6, 6.07) is 4.56. The van der Waals surface area contributed by atoms with E-state index >= 15 is 0 Å². The predicted octanol–water partition coefficient (Wildman–Crippen LogP) is 2.95. The first-order chi connectivity index (χ1) is 8.66. The highest BCUT2D eigenvalue weighted by Gasteiger charge is 2.18. The molecule has 2 nitrogen and oxygen atoms in total. The largest absolute Gasteiger partial charge is 0.350 e. The van der Waals surface area contributed by atoms with Crippen LogP contribution in [0.15, 0.2) is 18.3 Å². The molecule has 96 valence electrons. The number of nitrogens with one attached hydrogen (secondary N) is 1. The van der Waals surface area contributed by atoms with Gasteiger partial charge in [0, 0.05) is 18.6 Å². The van der Waals surface area contributed by atoms with Crippen molar-refractivity contribution < 1.29 is 0 Å². The number of fused-ring (bicyclic) bond motifs is 1. The summed E-state index contributed by atoms with van der Waals surface area (Å²) in [5.41, 5.74) is 5.74. The maximum absolute atomic E-state index is 3.46. The highest BCUT2D eigenvalue weighted by Crippen LogP contribution is 2.28. The molecule has 3 rings (SSSR count). The molecule has 0 bridgehead atoms. The monoisotopic (exact) mass is 242 g/mol. The van der Waals surface area contributed by atoms with Gasteiger partial charge in [-0.25, -0.2) is 0 Å². The van der Waals surface area contributed by atoms with Gasteiger partial charge >= 0.3 is 0 Å². The molecule has 1 saturated heterocycles. The van der Waals surface area contributed by atoms with Crippen LogP contribution in [0.5, 0.6) is 0 Å². The van der Waals surface area contributed by atoms with Gasteiger partial charge in [-0.15, -0.1) is 0 Å². The van der Waals surface area contributed by atoms with E-state index in [0.29, 0.717) is 0 Å². The number of aromatic nitrogens is 1. The Labute approximate surface area is 109 Å². The first kappa shape index (κ1) is 11.8. The average molecular weight is 242 g/mol. The number of aryl methyl sites for hydroxylation is 3. The van der Waals surface area contributed by atoms with Crippen molar-refractivity contribution in [2.45, 2.75) is 26.7 Å². The molecule has 1 unspecified atom stereocenters. The minimum atomic E-state index is 0.817. The van der Waals surface area contributed by atoms with Crippen LogP contribution in [0.4, 0.5) is 0 Å². The molecule has 1 atom stereocenters. The molecule has 1 aliphatic heterocycles. The predicted molar refractivity (Wildman–Crippen MR) is 77.1 cm³/mol. The van der Waals surface area contributed by atoms with E-state index in [1.807, 2.05) is 0 Å². The Morgan fingerprint density at radius 1 is 1.33 bits per heavy atom. The zero-order valence-corrected chi connectivity index (χ0v) is 11.6. The molecule has 2 heteroatoms. The van der Waals surface area contributed by atoms with Crippen LogP contribution in [0.3, 0.4) is 0 Å². The first-order valence-corrected chi connectivity index (χ1v) is 6.91. The Bertz CT molecular complexity index is 574. The third-order valence-corrected chi connectivity index (χ3v) is 4.42. The van der Waals surface area contributed by atoms with Crippen LogP contribution in [-0.4, -0.2) is 17.7 Å². The van der Waals surface area contributed by atoms with Crippen LogP contribution >= 0.6 is 0 Å². The van der Waals surface area contributed by atoms with Crippen LogP contribution in [0.25, 0.3) is 10.9 Å². The molecule has 0 saturated carbocycles. The van der Waals surface area contributed by atoms with Crippen molar-refractivity contribution in [2.75, 3.05) is 13.1 Å². The normalized spacial score (nSPS) is 19.8. The van der Waals surface area contributed by atoms with Gasteiger partial charge in [0.1, 0.15) is 0 Å². The van der Waals surface area contributed by atoms with Gasteiger partial charge in [0.25, 0.3) is 0 Å². The van der Waals surface area contributed by atoms with Gasteiger partial charge < -0.3 is 9.88 Å². The summed E-state index contributed by atoms with van der Waals surface area (Å²) >= 11 is 0. The summed E-state index contributed by atoms with van der Waals surface area (Å²) in [5.74, 6) is 0.817. The molecule has 1 fully saturated rings. The molecular formula is C16H22N2. The molecule has 0 spiro atoms. The summed E-state index contributed by atoms with van der Waals surface area (Å²) in [4.78, 5) is 0. The third-order valence-electron chi connectivity index (χ3n) is 4.42. The van der Waals surface area contributed by atoms with Crippen LogP contribution in [0.2, 0.25) is 0 Å². The molecule has 18 heavy (non-hydrogen) atoms. The van der Waals surface area contributed by atoms with Crippen molar-refractivity contribution in [3.63, 3.8) is 0 Å². The van der Waals surface area contributed by atoms with E-state index < -0.39 is 0 Å². The highest BCUT2D eigenvalue weighted by molar-refractivity contribution is 5.87. The van der Waals surface area contributed by atoms with E-state index in [1.54, 1.807) is 0 Å².